The number of hydrogen-bond donors (Lipinski definition) is 3. The minimum absolute atomic E-state index is 0.282. The summed E-state index contributed by atoms with van der Waals surface area (Å²) in [7, 11) is 0. The third-order valence-corrected chi connectivity index (χ3v) is 2.93. The number of aromatic nitrogens is 3. The standard InChI is InChI=1S/C12H21N3O6/c1-7(6-16)15-11(20)13(4-8(2)17)10(19)14(12(15)21)5-9(3)18/h7-9,16-18H,4-6H2,1-3H3. The van der Waals surface area contributed by atoms with Crippen LogP contribution < -0.4 is 17.1 Å². The third-order valence-electron chi connectivity index (χ3n) is 2.93. The van der Waals surface area contributed by atoms with Crippen molar-refractivity contribution < 1.29 is 15.3 Å². The molecular weight excluding hydrogens is 282 g/mol. The van der Waals surface area contributed by atoms with Gasteiger partial charge in [0, 0.05) is 0 Å². The van der Waals surface area contributed by atoms with Gasteiger partial charge in [0.25, 0.3) is 0 Å². The smallest absolute Gasteiger partial charge is 0.336 e. The minimum Gasteiger partial charge on any atom is -0.394 e. The molecule has 0 saturated heterocycles. The molecule has 0 aliphatic heterocycles. The van der Waals surface area contributed by atoms with Crippen LogP contribution in [0.2, 0.25) is 0 Å². The molecule has 0 radical (unpaired) electrons. The van der Waals surface area contributed by atoms with Gasteiger partial charge in [-0.25, -0.2) is 28.1 Å². The highest BCUT2D eigenvalue weighted by molar-refractivity contribution is 4.83. The van der Waals surface area contributed by atoms with Gasteiger partial charge in [0.05, 0.1) is 37.9 Å². The van der Waals surface area contributed by atoms with Crippen LogP contribution in [0.15, 0.2) is 14.4 Å². The van der Waals surface area contributed by atoms with Gasteiger partial charge in [-0.3, -0.25) is 0 Å². The molecule has 0 aliphatic carbocycles. The number of nitrogens with zero attached hydrogens (tertiary/aromatic N) is 3. The summed E-state index contributed by atoms with van der Waals surface area (Å²) in [6.07, 6.45) is -1.93. The van der Waals surface area contributed by atoms with Crippen LogP contribution in [0.3, 0.4) is 0 Å². The van der Waals surface area contributed by atoms with Gasteiger partial charge in [-0.2, -0.15) is 0 Å². The summed E-state index contributed by atoms with van der Waals surface area (Å²) in [6, 6.07) is -0.828. The summed E-state index contributed by atoms with van der Waals surface area (Å²) in [5.41, 5.74) is -2.68. The van der Waals surface area contributed by atoms with Crippen LogP contribution in [0.4, 0.5) is 0 Å². The fourth-order valence-corrected chi connectivity index (χ4v) is 1.95. The number of rotatable bonds is 6. The van der Waals surface area contributed by atoms with Crippen LogP contribution in [0.25, 0.3) is 0 Å². The summed E-state index contributed by atoms with van der Waals surface area (Å²) in [5, 5.41) is 27.9. The maximum absolute atomic E-state index is 12.2. The van der Waals surface area contributed by atoms with Gasteiger partial charge in [0.15, 0.2) is 0 Å². The first-order valence-electron chi connectivity index (χ1n) is 6.63. The van der Waals surface area contributed by atoms with Gasteiger partial charge < -0.3 is 15.3 Å². The van der Waals surface area contributed by atoms with Gasteiger partial charge >= 0.3 is 17.1 Å². The molecule has 3 N–H and O–H groups in total. The maximum Gasteiger partial charge on any atom is 0.336 e. The molecule has 0 aliphatic rings. The largest absolute Gasteiger partial charge is 0.394 e. The van der Waals surface area contributed by atoms with Crippen molar-refractivity contribution in [1.82, 2.24) is 13.7 Å². The molecule has 1 rings (SSSR count). The van der Waals surface area contributed by atoms with Crippen LogP contribution in [-0.4, -0.2) is 47.8 Å². The minimum atomic E-state index is -0.967. The van der Waals surface area contributed by atoms with E-state index >= 15 is 0 Å². The Balaban J connectivity index is 3.70. The van der Waals surface area contributed by atoms with Crippen LogP contribution in [0, 0.1) is 0 Å². The summed E-state index contributed by atoms with van der Waals surface area (Å²) in [6.45, 7) is 3.22. The molecule has 0 bridgehead atoms. The van der Waals surface area contributed by atoms with E-state index in [1.54, 1.807) is 0 Å². The van der Waals surface area contributed by atoms with Crippen LogP contribution >= 0.6 is 0 Å². The molecule has 9 nitrogen and oxygen atoms in total. The van der Waals surface area contributed by atoms with E-state index in [0.717, 1.165) is 13.7 Å². The molecule has 1 aromatic rings. The predicted octanol–water partition coefficient (Wildman–Crippen LogP) is -2.51. The lowest BCUT2D eigenvalue weighted by atomic mass is 10.3. The van der Waals surface area contributed by atoms with Gasteiger partial charge in [-0.15, -0.1) is 0 Å². The lowest BCUT2D eigenvalue weighted by Gasteiger charge is -2.18. The lowest BCUT2D eigenvalue weighted by molar-refractivity contribution is 0.151. The maximum atomic E-state index is 12.2. The predicted molar refractivity (Wildman–Crippen MR) is 74.4 cm³/mol. The summed E-state index contributed by atoms with van der Waals surface area (Å²) in [5.74, 6) is 0. The Labute approximate surface area is 120 Å². The van der Waals surface area contributed by atoms with Gasteiger partial charge in [0.2, 0.25) is 0 Å². The highest BCUT2D eigenvalue weighted by Crippen LogP contribution is 1.95. The topological polar surface area (TPSA) is 127 Å². The second-order valence-electron chi connectivity index (χ2n) is 5.17. The zero-order valence-electron chi connectivity index (χ0n) is 12.3. The van der Waals surface area contributed by atoms with E-state index in [1.165, 1.54) is 20.8 Å². The van der Waals surface area contributed by atoms with E-state index in [2.05, 4.69) is 0 Å². The van der Waals surface area contributed by atoms with Crippen molar-refractivity contribution in [3.63, 3.8) is 0 Å². The van der Waals surface area contributed by atoms with E-state index < -0.39 is 41.9 Å². The molecule has 9 heteroatoms. The fraction of sp³-hybridized carbons (Fsp3) is 0.750. The molecule has 1 heterocycles. The average Bonchev–Trinajstić information content (AvgIpc) is 2.39. The fourth-order valence-electron chi connectivity index (χ4n) is 1.95. The first-order chi connectivity index (χ1) is 9.70. The molecule has 120 valence electrons. The van der Waals surface area contributed by atoms with E-state index in [9.17, 15) is 24.6 Å². The van der Waals surface area contributed by atoms with Crippen LogP contribution in [0.1, 0.15) is 26.8 Å². The quantitative estimate of drug-likeness (QED) is 0.532. The highest BCUT2D eigenvalue weighted by atomic mass is 16.3. The van der Waals surface area contributed by atoms with Gasteiger partial charge in [-0.05, 0) is 20.8 Å². The van der Waals surface area contributed by atoms with E-state index in [-0.39, 0.29) is 13.1 Å². The monoisotopic (exact) mass is 303 g/mol. The Kier molecular flexibility index (Phi) is 5.64. The van der Waals surface area contributed by atoms with Crippen molar-refractivity contribution in [2.45, 2.75) is 52.1 Å². The molecule has 1 aromatic heterocycles. The summed E-state index contributed by atoms with van der Waals surface area (Å²) in [4.78, 5) is 36.6. The van der Waals surface area contributed by atoms with Crippen molar-refractivity contribution in [2.24, 2.45) is 0 Å². The SMILES string of the molecule is CC(O)Cn1c(=O)n(CC(C)O)c(=O)n(C(C)CO)c1=O. The van der Waals surface area contributed by atoms with Crippen molar-refractivity contribution in [3.05, 3.63) is 31.5 Å². The number of aliphatic hydroxyl groups is 3. The van der Waals surface area contributed by atoms with Crippen molar-refractivity contribution in [3.8, 4) is 0 Å². The number of aliphatic hydroxyl groups excluding tert-OH is 3. The normalized spacial score (nSPS) is 15.7. The van der Waals surface area contributed by atoms with Crippen LogP contribution in [0.5, 0.6) is 0 Å². The summed E-state index contributed by atoms with van der Waals surface area (Å²) < 4.78 is 2.19. The third kappa shape index (κ3) is 3.69. The molecule has 21 heavy (non-hydrogen) atoms. The van der Waals surface area contributed by atoms with E-state index in [0.29, 0.717) is 0 Å². The van der Waals surface area contributed by atoms with Crippen LogP contribution in [-0.2, 0) is 13.1 Å². The van der Waals surface area contributed by atoms with Crippen molar-refractivity contribution in [1.29, 1.82) is 0 Å². The second-order valence-corrected chi connectivity index (χ2v) is 5.17. The molecular formula is C12H21N3O6. The molecule has 3 atom stereocenters. The Hall–Kier alpha value is -1.71. The summed E-state index contributed by atoms with van der Waals surface area (Å²) >= 11 is 0. The first-order valence-corrected chi connectivity index (χ1v) is 6.63. The molecule has 0 amide bonds. The molecule has 0 spiro atoms. The molecule has 3 unspecified atom stereocenters. The van der Waals surface area contributed by atoms with Gasteiger partial charge in [-0.1, -0.05) is 0 Å². The first kappa shape index (κ1) is 17.3. The van der Waals surface area contributed by atoms with Crippen molar-refractivity contribution >= 4 is 0 Å². The van der Waals surface area contributed by atoms with E-state index in [4.69, 9.17) is 5.11 Å². The Morgan fingerprint density at radius 3 is 1.52 bits per heavy atom. The Morgan fingerprint density at radius 2 is 1.24 bits per heavy atom. The molecule has 0 fully saturated rings. The van der Waals surface area contributed by atoms with Gasteiger partial charge in [0.1, 0.15) is 0 Å². The highest BCUT2D eigenvalue weighted by Gasteiger charge is 2.20. The Bertz CT molecular complexity index is 606. The zero-order valence-corrected chi connectivity index (χ0v) is 12.3. The average molecular weight is 303 g/mol. The Morgan fingerprint density at radius 1 is 0.857 bits per heavy atom. The molecule has 0 saturated carbocycles. The lowest BCUT2D eigenvalue weighted by Crippen LogP contribution is -2.57. The molecule has 0 aromatic carbocycles. The zero-order chi connectivity index (χ0) is 16.3. The number of hydrogen-bond acceptors (Lipinski definition) is 6. The second kappa shape index (κ2) is 6.83. The van der Waals surface area contributed by atoms with Crippen molar-refractivity contribution in [2.75, 3.05) is 6.61 Å². The van der Waals surface area contributed by atoms with E-state index in [1.807, 2.05) is 0 Å².